The van der Waals surface area contributed by atoms with E-state index in [-0.39, 0.29) is 12.5 Å². The summed E-state index contributed by atoms with van der Waals surface area (Å²) in [6, 6.07) is 6.86. The molecule has 0 atom stereocenters. The number of carboxylic acid groups (broad SMARTS) is 1. The molecule has 0 saturated carbocycles. The summed E-state index contributed by atoms with van der Waals surface area (Å²) < 4.78 is 6.20. The standard InChI is InChI=1S/C13H13N3O4/c1-20-11-4-2-10(3-5-11)15-13(19)9-6-14-16(7-9)8-12(17)18/h2-7H,8H2,1H3,(H,15,19)(H,17,18). The Balaban J connectivity index is 2.03. The van der Waals surface area contributed by atoms with Gasteiger partial charge in [0.15, 0.2) is 0 Å². The number of amides is 1. The first kappa shape index (κ1) is 13.6. The van der Waals surface area contributed by atoms with Gasteiger partial charge in [-0.15, -0.1) is 0 Å². The van der Waals surface area contributed by atoms with Gasteiger partial charge in [0, 0.05) is 11.9 Å². The lowest BCUT2D eigenvalue weighted by Crippen LogP contribution is -2.12. The van der Waals surface area contributed by atoms with Crippen LogP contribution in [-0.2, 0) is 11.3 Å². The van der Waals surface area contributed by atoms with Gasteiger partial charge in [0.1, 0.15) is 12.3 Å². The number of hydrogen-bond donors (Lipinski definition) is 2. The molecule has 2 rings (SSSR count). The lowest BCUT2D eigenvalue weighted by molar-refractivity contribution is -0.137. The number of carbonyl (C=O) groups excluding carboxylic acids is 1. The minimum absolute atomic E-state index is 0.282. The Bertz CT molecular complexity index is 619. The van der Waals surface area contributed by atoms with E-state index in [2.05, 4.69) is 10.4 Å². The van der Waals surface area contributed by atoms with Crippen molar-refractivity contribution >= 4 is 17.6 Å². The van der Waals surface area contributed by atoms with E-state index >= 15 is 0 Å². The first-order chi connectivity index (χ1) is 9.58. The summed E-state index contributed by atoms with van der Waals surface area (Å²) in [6.45, 7) is -0.282. The molecule has 20 heavy (non-hydrogen) atoms. The van der Waals surface area contributed by atoms with E-state index < -0.39 is 5.97 Å². The van der Waals surface area contributed by atoms with E-state index in [1.807, 2.05) is 0 Å². The van der Waals surface area contributed by atoms with Gasteiger partial charge in [-0.3, -0.25) is 14.3 Å². The van der Waals surface area contributed by atoms with Crippen LogP contribution in [0.4, 0.5) is 5.69 Å². The maximum Gasteiger partial charge on any atom is 0.325 e. The predicted molar refractivity (Wildman–Crippen MR) is 70.8 cm³/mol. The second-order valence-corrected chi connectivity index (χ2v) is 4.00. The highest BCUT2D eigenvalue weighted by Crippen LogP contribution is 2.15. The Kier molecular flexibility index (Phi) is 3.99. The largest absolute Gasteiger partial charge is 0.497 e. The van der Waals surface area contributed by atoms with Crippen LogP contribution < -0.4 is 10.1 Å². The highest BCUT2D eigenvalue weighted by Gasteiger charge is 2.10. The average molecular weight is 275 g/mol. The van der Waals surface area contributed by atoms with Crippen LogP contribution in [0.5, 0.6) is 5.75 Å². The summed E-state index contributed by atoms with van der Waals surface area (Å²) in [6.07, 6.45) is 2.70. The molecule has 0 aliphatic heterocycles. The number of carboxylic acids is 1. The van der Waals surface area contributed by atoms with E-state index in [0.717, 1.165) is 0 Å². The number of benzene rings is 1. The lowest BCUT2D eigenvalue weighted by Gasteiger charge is -2.04. The third-order valence-electron chi connectivity index (χ3n) is 2.54. The third-order valence-corrected chi connectivity index (χ3v) is 2.54. The Labute approximate surface area is 114 Å². The molecular formula is C13H13N3O4. The van der Waals surface area contributed by atoms with Gasteiger partial charge in [-0.05, 0) is 24.3 Å². The summed E-state index contributed by atoms with van der Waals surface area (Å²) in [5, 5.41) is 15.1. The van der Waals surface area contributed by atoms with Crippen LogP contribution in [0.3, 0.4) is 0 Å². The van der Waals surface area contributed by atoms with Crippen LogP contribution in [0.1, 0.15) is 10.4 Å². The van der Waals surface area contributed by atoms with Crippen molar-refractivity contribution < 1.29 is 19.4 Å². The highest BCUT2D eigenvalue weighted by atomic mass is 16.5. The molecule has 1 amide bonds. The minimum atomic E-state index is -1.02. The number of nitrogens with one attached hydrogen (secondary N) is 1. The minimum Gasteiger partial charge on any atom is -0.497 e. The normalized spacial score (nSPS) is 10.1. The lowest BCUT2D eigenvalue weighted by atomic mass is 10.2. The van der Waals surface area contributed by atoms with E-state index in [9.17, 15) is 9.59 Å². The summed E-state index contributed by atoms with van der Waals surface area (Å²) in [5.74, 6) is -0.681. The summed E-state index contributed by atoms with van der Waals surface area (Å²) in [4.78, 5) is 22.5. The number of hydrogen-bond acceptors (Lipinski definition) is 4. The van der Waals surface area contributed by atoms with Crippen LogP contribution in [0, 0.1) is 0 Å². The van der Waals surface area contributed by atoms with Gasteiger partial charge in [0.25, 0.3) is 5.91 Å². The molecule has 0 aliphatic rings. The molecule has 104 valence electrons. The topological polar surface area (TPSA) is 93.5 Å². The van der Waals surface area contributed by atoms with Crippen molar-refractivity contribution in [3.8, 4) is 5.75 Å². The zero-order valence-electron chi connectivity index (χ0n) is 10.7. The van der Waals surface area contributed by atoms with Crippen molar-refractivity contribution in [3.05, 3.63) is 42.2 Å². The molecular weight excluding hydrogens is 262 g/mol. The molecule has 0 bridgehead atoms. The number of aliphatic carboxylic acids is 1. The van der Waals surface area contributed by atoms with Gasteiger partial charge < -0.3 is 15.2 Å². The average Bonchev–Trinajstić information content (AvgIpc) is 2.87. The van der Waals surface area contributed by atoms with E-state index in [0.29, 0.717) is 17.0 Å². The van der Waals surface area contributed by atoms with Crippen molar-refractivity contribution in [2.75, 3.05) is 12.4 Å². The molecule has 0 spiro atoms. The SMILES string of the molecule is COc1ccc(NC(=O)c2cnn(CC(=O)O)c2)cc1. The van der Waals surface area contributed by atoms with Crippen molar-refractivity contribution in [1.29, 1.82) is 0 Å². The molecule has 1 aromatic heterocycles. The number of ether oxygens (including phenoxy) is 1. The number of anilines is 1. The number of nitrogens with zero attached hydrogens (tertiary/aromatic N) is 2. The maximum atomic E-state index is 11.9. The van der Waals surface area contributed by atoms with Gasteiger partial charge >= 0.3 is 5.97 Å². The second-order valence-electron chi connectivity index (χ2n) is 4.00. The molecule has 7 heteroatoms. The molecule has 0 radical (unpaired) electrons. The fraction of sp³-hybridized carbons (Fsp3) is 0.154. The van der Waals surface area contributed by atoms with Gasteiger partial charge in [-0.1, -0.05) is 0 Å². The fourth-order valence-corrected chi connectivity index (χ4v) is 1.58. The van der Waals surface area contributed by atoms with Crippen molar-refractivity contribution in [3.63, 3.8) is 0 Å². The van der Waals surface area contributed by atoms with Gasteiger partial charge in [0.05, 0.1) is 18.9 Å². The fourth-order valence-electron chi connectivity index (χ4n) is 1.58. The molecule has 1 heterocycles. The van der Waals surface area contributed by atoms with E-state index in [1.54, 1.807) is 31.4 Å². The smallest absolute Gasteiger partial charge is 0.325 e. The van der Waals surface area contributed by atoms with Crippen molar-refractivity contribution in [1.82, 2.24) is 9.78 Å². The quantitative estimate of drug-likeness (QED) is 0.856. The van der Waals surface area contributed by atoms with Crippen molar-refractivity contribution in [2.24, 2.45) is 0 Å². The molecule has 0 unspecified atom stereocenters. The Morgan fingerprint density at radius 3 is 2.65 bits per heavy atom. The molecule has 0 aliphatic carbocycles. The molecule has 0 saturated heterocycles. The summed E-state index contributed by atoms with van der Waals surface area (Å²) >= 11 is 0. The molecule has 0 fully saturated rings. The first-order valence-corrected chi connectivity index (χ1v) is 5.78. The van der Waals surface area contributed by atoms with Crippen LogP contribution in [0.15, 0.2) is 36.7 Å². The number of carbonyl (C=O) groups is 2. The van der Waals surface area contributed by atoms with Crippen LogP contribution in [0.25, 0.3) is 0 Å². The number of aromatic nitrogens is 2. The third kappa shape index (κ3) is 3.35. The highest BCUT2D eigenvalue weighted by molar-refractivity contribution is 6.03. The zero-order valence-corrected chi connectivity index (χ0v) is 10.7. The molecule has 1 aromatic carbocycles. The Morgan fingerprint density at radius 2 is 2.05 bits per heavy atom. The zero-order chi connectivity index (χ0) is 14.5. The van der Waals surface area contributed by atoms with Crippen molar-refractivity contribution in [2.45, 2.75) is 6.54 Å². The molecule has 7 nitrogen and oxygen atoms in total. The Hall–Kier alpha value is -2.83. The van der Waals surface area contributed by atoms with E-state index in [4.69, 9.17) is 9.84 Å². The van der Waals surface area contributed by atoms with Crippen LogP contribution in [0.2, 0.25) is 0 Å². The van der Waals surface area contributed by atoms with Gasteiger partial charge in [-0.25, -0.2) is 0 Å². The first-order valence-electron chi connectivity index (χ1n) is 5.78. The van der Waals surface area contributed by atoms with E-state index in [1.165, 1.54) is 17.1 Å². The maximum absolute atomic E-state index is 11.9. The summed E-state index contributed by atoms with van der Waals surface area (Å²) in [5.41, 5.74) is 0.906. The Morgan fingerprint density at radius 1 is 1.35 bits per heavy atom. The number of methoxy groups -OCH3 is 1. The second kappa shape index (κ2) is 5.87. The van der Waals surface area contributed by atoms with Crippen LogP contribution in [-0.4, -0.2) is 33.9 Å². The number of rotatable bonds is 5. The summed E-state index contributed by atoms with van der Waals surface area (Å²) in [7, 11) is 1.56. The van der Waals surface area contributed by atoms with Gasteiger partial charge in [0.2, 0.25) is 0 Å². The molecule has 2 aromatic rings. The van der Waals surface area contributed by atoms with Gasteiger partial charge in [-0.2, -0.15) is 5.10 Å². The predicted octanol–water partition coefficient (Wildman–Crippen LogP) is 1.23. The molecule has 2 N–H and O–H groups in total. The monoisotopic (exact) mass is 275 g/mol. The van der Waals surface area contributed by atoms with Crippen LogP contribution >= 0.6 is 0 Å².